The van der Waals surface area contributed by atoms with Crippen molar-refractivity contribution in [1.82, 2.24) is 0 Å². The fourth-order valence-electron chi connectivity index (χ4n) is 2.27. The van der Waals surface area contributed by atoms with E-state index >= 15 is 0 Å². The topological polar surface area (TPSA) is 62.9 Å². The van der Waals surface area contributed by atoms with Crippen LogP contribution in [0.15, 0.2) is 59.7 Å². The Morgan fingerprint density at radius 3 is 2.68 bits per heavy atom. The number of fused-ring (bicyclic) bond motifs is 1. The Labute approximate surface area is 136 Å². The van der Waals surface area contributed by atoms with Crippen molar-refractivity contribution in [2.75, 3.05) is 30.0 Å². The Morgan fingerprint density at radius 1 is 1.14 bits per heavy atom. The van der Waals surface area contributed by atoms with Gasteiger partial charge in [-0.3, -0.25) is 5.43 Å². The second kappa shape index (κ2) is 7.56. The predicted molar refractivity (Wildman–Crippen MR) is 93.1 cm³/mol. The number of hydrogen-bond donors (Lipinski definition) is 2. The van der Waals surface area contributed by atoms with Crippen molar-refractivity contribution in [2.24, 2.45) is 10.8 Å². The number of para-hydroxylation sites is 3. The normalized spacial score (nSPS) is 13.6. The molecule has 0 aliphatic carbocycles. The van der Waals surface area contributed by atoms with Crippen LogP contribution in [0.1, 0.15) is 0 Å². The number of nitrogens with one attached hydrogen (secondary N) is 1. The molecule has 6 heteroatoms. The van der Waals surface area contributed by atoms with Crippen LogP contribution in [-0.2, 0) is 0 Å². The standard InChI is InChI=1S/C16H18N4O.ClH/c17-16(19-18-13-6-2-1-3-7-13)12-20-10-11-21-15-9-5-4-8-14(15)20;/h1-9,18H,10-12H2,(H2,17,19);1H. The summed E-state index contributed by atoms with van der Waals surface area (Å²) in [5, 5.41) is 4.22. The Kier molecular flexibility index (Phi) is 5.49. The monoisotopic (exact) mass is 318 g/mol. The predicted octanol–water partition coefficient (Wildman–Crippen LogP) is 2.69. The summed E-state index contributed by atoms with van der Waals surface area (Å²) in [6.07, 6.45) is 0. The van der Waals surface area contributed by atoms with Gasteiger partial charge in [0.1, 0.15) is 18.2 Å². The Hall–Kier alpha value is -2.40. The summed E-state index contributed by atoms with van der Waals surface area (Å²) in [5.41, 5.74) is 11.0. The lowest BCUT2D eigenvalue weighted by atomic mass is 10.2. The van der Waals surface area contributed by atoms with E-state index in [1.165, 1.54) is 0 Å². The molecule has 1 heterocycles. The van der Waals surface area contributed by atoms with E-state index in [2.05, 4.69) is 15.4 Å². The maximum atomic E-state index is 6.01. The SMILES string of the molecule is Cl.N/C(CN1CCOc2ccccc21)=N\Nc1ccccc1. The number of anilines is 2. The molecule has 0 saturated carbocycles. The highest BCUT2D eigenvalue weighted by Gasteiger charge is 2.17. The molecule has 3 N–H and O–H groups in total. The van der Waals surface area contributed by atoms with Gasteiger partial charge in [0.25, 0.3) is 0 Å². The molecule has 116 valence electrons. The molecule has 0 amide bonds. The molecule has 3 rings (SSSR count). The molecule has 5 nitrogen and oxygen atoms in total. The molecule has 0 fully saturated rings. The van der Waals surface area contributed by atoms with Gasteiger partial charge in [0, 0.05) is 0 Å². The quantitative estimate of drug-likeness (QED) is 0.517. The van der Waals surface area contributed by atoms with Gasteiger partial charge in [0.15, 0.2) is 0 Å². The highest BCUT2D eigenvalue weighted by atomic mass is 35.5. The van der Waals surface area contributed by atoms with Crippen LogP contribution in [0, 0.1) is 0 Å². The summed E-state index contributed by atoms with van der Waals surface area (Å²) >= 11 is 0. The molecule has 0 aromatic heterocycles. The highest BCUT2D eigenvalue weighted by Crippen LogP contribution is 2.30. The first-order valence-corrected chi connectivity index (χ1v) is 6.93. The minimum Gasteiger partial charge on any atom is -0.490 e. The minimum atomic E-state index is 0. The van der Waals surface area contributed by atoms with Gasteiger partial charge in [-0.25, -0.2) is 0 Å². The fraction of sp³-hybridized carbons (Fsp3) is 0.188. The highest BCUT2D eigenvalue weighted by molar-refractivity contribution is 5.86. The zero-order chi connectivity index (χ0) is 14.5. The van der Waals surface area contributed by atoms with E-state index in [4.69, 9.17) is 10.5 Å². The third-order valence-electron chi connectivity index (χ3n) is 3.28. The zero-order valence-corrected chi connectivity index (χ0v) is 12.9. The van der Waals surface area contributed by atoms with Crippen LogP contribution >= 0.6 is 12.4 Å². The van der Waals surface area contributed by atoms with Crippen molar-refractivity contribution in [1.29, 1.82) is 0 Å². The van der Waals surface area contributed by atoms with Gasteiger partial charge in [0.2, 0.25) is 0 Å². The summed E-state index contributed by atoms with van der Waals surface area (Å²) in [4.78, 5) is 2.17. The molecule has 0 bridgehead atoms. The number of halogens is 1. The first kappa shape index (κ1) is 16.0. The number of nitrogens with two attached hydrogens (primary N) is 1. The van der Waals surface area contributed by atoms with E-state index in [-0.39, 0.29) is 12.4 Å². The van der Waals surface area contributed by atoms with Crippen LogP contribution in [0.25, 0.3) is 0 Å². The number of nitrogens with zero attached hydrogens (tertiary/aromatic N) is 2. The van der Waals surface area contributed by atoms with Gasteiger partial charge >= 0.3 is 0 Å². The Morgan fingerprint density at radius 2 is 1.86 bits per heavy atom. The smallest absolute Gasteiger partial charge is 0.142 e. The summed E-state index contributed by atoms with van der Waals surface area (Å²) in [6, 6.07) is 17.7. The summed E-state index contributed by atoms with van der Waals surface area (Å²) in [6.45, 7) is 2.04. The third-order valence-corrected chi connectivity index (χ3v) is 3.28. The van der Waals surface area contributed by atoms with Gasteiger partial charge in [0.05, 0.1) is 24.5 Å². The van der Waals surface area contributed by atoms with E-state index < -0.39 is 0 Å². The molecule has 2 aromatic carbocycles. The molecule has 0 saturated heterocycles. The van der Waals surface area contributed by atoms with Gasteiger partial charge in [-0.1, -0.05) is 30.3 Å². The molecule has 1 aliphatic rings. The molecule has 0 radical (unpaired) electrons. The average molecular weight is 319 g/mol. The van der Waals surface area contributed by atoms with Crippen LogP contribution in [0.4, 0.5) is 11.4 Å². The van der Waals surface area contributed by atoms with E-state index in [1.54, 1.807) is 0 Å². The van der Waals surface area contributed by atoms with Crippen molar-refractivity contribution in [3.8, 4) is 5.75 Å². The van der Waals surface area contributed by atoms with Crippen molar-refractivity contribution in [3.63, 3.8) is 0 Å². The largest absolute Gasteiger partial charge is 0.490 e. The molecule has 1 aliphatic heterocycles. The van der Waals surface area contributed by atoms with Crippen molar-refractivity contribution in [3.05, 3.63) is 54.6 Å². The average Bonchev–Trinajstić information content (AvgIpc) is 2.54. The summed E-state index contributed by atoms with van der Waals surface area (Å²) in [5.74, 6) is 1.43. The van der Waals surface area contributed by atoms with Crippen LogP contribution in [0.3, 0.4) is 0 Å². The number of ether oxygens (including phenoxy) is 1. The first-order chi connectivity index (χ1) is 10.3. The van der Waals surface area contributed by atoms with Gasteiger partial charge < -0.3 is 15.4 Å². The lowest BCUT2D eigenvalue weighted by Crippen LogP contribution is -2.39. The van der Waals surface area contributed by atoms with Crippen LogP contribution in [0.5, 0.6) is 5.75 Å². The molecule has 0 unspecified atom stereocenters. The van der Waals surface area contributed by atoms with Crippen LogP contribution < -0.4 is 20.8 Å². The molecule has 0 spiro atoms. The van der Waals surface area contributed by atoms with Crippen molar-refractivity contribution >= 4 is 29.6 Å². The fourth-order valence-corrected chi connectivity index (χ4v) is 2.27. The third kappa shape index (κ3) is 3.83. The minimum absolute atomic E-state index is 0. The molecular weight excluding hydrogens is 300 g/mol. The maximum Gasteiger partial charge on any atom is 0.142 e. The van der Waals surface area contributed by atoms with Gasteiger partial charge in [-0.15, -0.1) is 12.4 Å². The Balaban J connectivity index is 0.00000176. The lowest BCUT2D eigenvalue weighted by Gasteiger charge is -2.30. The number of hydrazone groups is 1. The van der Waals surface area contributed by atoms with Gasteiger partial charge in [-0.2, -0.15) is 5.10 Å². The van der Waals surface area contributed by atoms with E-state index in [0.29, 0.717) is 19.0 Å². The summed E-state index contributed by atoms with van der Waals surface area (Å²) in [7, 11) is 0. The van der Waals surface area contributed by atoms with Gasteiger partial charge in [-0.05, 0) is 24.3 Å². The molecule has 0 atom stereocenters. The second-order valence-electron chi connectivity index (χ2n) is 4.82. The van der Waals surface area contributed by atoms with Crippen molar-refractivity contribution in [2.45, 2.75) is 0 Å². The lowest BCUT2D eigenvalue weighted by molar-refractivity contribution is 0.310. The Bertz CT molecular complexity index is 633. The maximum absolute atomic E-state index is 6.01. The molecule has 2 aromatic rings. The number of benzene rings is 2. The van der Waals surface area contributed by atoms with E-state index in [1.807, 2.05) is 54.6 Å². The molecule has 22 heavy (non-hydrogen) atoms. The second-order valence-corrected chi connectivity index (χ2v) is 4.82. The molecular formula is C16H19ClN4O. The number of amidine groups is 1. The van der Waals surface area contributed by atoms with Crippen LogP contribution in [0.2, 0.25) is 0 Å². The van der Waals surface area contributed by atoms with Crippen LogP contribution in [-0.4, -0.2) is 25.5 Å². The van der Waals surface area contributed by atoms with Crippen molar-refractivity contribution < 1.29 is 4.74 Å². The number of rotatable bonds is 4. The number of hydrogen-bond acceptors (Lipinski definition) is 4. The van der Waals surface area contributed by atoms with E-state index in [0.717, 1.165) is 23.7 Å². The zero-order valence-electron chi connectivity index (χ0n) is 12.1. The van der Waals surface area contributed by atoms with E-state index in [9.17, 15) is 0 Å². The first-order valence-electron chi connectivity index (χ1n) is 6.93. The summed E-state index contributed by atoms with van der Waals surface area (Å²) < 4.78 is 5.63.